The van der Waals surface area contributed by atoms with Crippen LogP contribution in [0.2, 0.25) is 0 Å². The Hall–Kier alpha value is -1.67. The number of fused-ring (bicyclic) bond motifs is 1. The van der Waals surface area contributed by atoms with Gasteiger partial charge in [-0.15, -0.1) is 0 Å². The predicted molar refractivity (Wildman–Crippen MR) is 95.9 cm³/mol. The zero-order chi connectivity index (χ0) is 18.7. The SMILES string of the molecule is COC(=O)c1ccc2c(c1)OC[C@H](C)N(C(O)N1CCC(OC)CC1)C2. The number of aliphatic hydroxyl groups is 1. The van der Waals surface area contributed by atoms with Crippen molar-refractivity contribution >= 4 is 5.97 Å². The first-order chi connectivity index (χ1) is 12.5. The molecule has 1 fully saturated rings. The number of carbonyl (C=O) groups excluding carboxylic acids is 1. The first kappa shape index (κ1) is 19.1. The highest BCUT2D eigenvalue weighted by atomic mass is 16.5. The first-order valence-corrected chi connectivity index (χ1v) is 9.08. The second kappa shape index (κ2) is 8.35. The molecule has 1 aromatic rings. The molecule has 0 amide bonds. The number of aliphatic hydroxyl groups excluding tert-OH is 1. The molecule has 2 aliphatic heterocycles. The third kappa shape index (κ3) is 4.01. The molecule has 1 N–H and O–H groups in total. The van der Waals surface area contributed by atoms with Gasteiger partial charge < -0.3 is 19.3 Å². The maximum Gasteiger partial charge on any atom is 0.337 e. The van der Waals surface area contributed by atoms with Crippen LogP contribution in [0.4, 0.5) is 0 Å². The van der Waals surface area contributed by atoms with Crippen LogP contribution in [-0.2, 0) is 16.0 Å². The van der Waals surface area contributed by atoms with Crippen LogP contribution in [0, 0.1) is 0 Å². The number of rotatable bonds is 4. The highest BCUT2D eigenvalue weighted by Crippen LogP contribution is 2.29. The zero-order valence-corrected chi connectivity index (χ0v) is 15.7. The summed E-state index contributed by atoms with van der Waals surface area (Å²) in [5, 5.41) is 10.9. The molecule has 2 atom stereocenters. The topological polar surface area (TPSA) is 71.5 Å². The van der Waals surface area contributed by atoms with Crippen LogP contribution in [0.5, 0.6) is 5.75 Å². The summed E-state index contributed by atoms with van der Waals surface area (Å²) in [5.74, 6) is 0.291. The number of likely N-dealkylation sites (tertiary alicyclic amines) is 1. The summed E-state index contributed by atoms with van der Waals surface area (Å²) in [7, 11) is 3.10. The average Bonchev–Trinajstić information content (AvgIpc) is 2.85. The van der Waals surface area contributed by atoms with E-state index in [0.29, 0.717) is 24.5 Å². The van der Waals surface area contributed by atoms with Gasteiger partial charge in [-0.1, -0.05) is 6.07 Å². The second-order valence-corrected chi connectivity index (χ2v) is 6.96. The molecule has 0 spiro atoms. The van der Waals surface area contributed by atoms with E-state index in [2.05, 4.69) is 4.90 Å². The number of ether oxygens (including phenoxy) is 3. The summed E-state index contributed by atoms with van der Waals surface area (Å²) in [6, 6.07) is 5.36. The Morgan fingerprint density at radius 3 is 2.69 bits per heavy atom. The average molecular weight is 364 g/mol. The van der Waals surface area contributed by atoms with E-state index < -0.39 is 6.35 Å². The molecule has 1 saturated heterocycles. The van der Waals surface area contributed by atoms with Crippen molar-refractivity contribution in [2.45, 2.75) is 44.8 Å². The van der Waals surface area contributed by atoms with Gasteiger partial charge in [0.1, 0.15) is 12.4 Å². The third-order valence-corrected chi connectivity index (χ3v) is 5.32. The summed E-state index contributed by atoms with van der Waals surface area (Å²) in [4.78, 5) is 15.9. The minimum absolute atomic E-state index is 0.0409. The van der Waals surface area contributed by atoms with Gasteiger partial charge in [-0.2, -0.15) is 0 Å². The van der Waals surface area contributed by atoms with Crippen molar-refractivity contribution in [3.63, 3.8) is 0 Å². The molecule has 0 bridgehead atoms. The lowest BCUT2D eigenvalue weighted by Crippen LogP contribution is -2.54. The van der Waals surface area contributed by atoms with Gasteiger partial charge in [0.05, 0.1) is 18.8 Å². The number of carbonyl (C=O) groups is 1. The van der Waals surface area contributed by atoms with Crippen LogP contribution < -0.4 is 4.74 Å². The largest absolute Gasteiger partial charge is 0.492 e. The van der Waals surface area contributed by atoms with Crippen molar-refractivity contribution in [1.29, 1.82) is 0 Å². The van der Waals surface area contributed by atoms with E-state index >= 15 is 0 Å². The molecular weight excluding hydrogens is 336 g/mol. The molecule has 0 aliphatic carbocycles. The van der Waals surface area contributed by atoms with Crippen LogP contribution in [0.1, 0.15) is 35.7 Å². The Labute approximate surface area is 154 Å². The van der Waals surface area contributed by atoms with Crippen LogP contribution >= 0.6 is 0 Å². The van der Waals surface area contributed by atoms with Crippen molar-refractivity contribution in [2.24, 2.45) is 0 Å². The fourth-order valence-corrected chi connectivity index (χ4v) is 3.58. The van der Waals surface area contributed by atoms with E-state index in [1.54, 1.807) is 19.2 Å². The predicted octanol–water partition coefficient (Wildman–Crippen LogP) is 1.44. The summed E-state index contributed by atoms with van der Waals surface area (Å²) in [5.41, 5.74) is 1.42. The molecule has 0 aromatic heterocycles. The second-order valence-electron chi connectivity index (χ2n) is 6.96. The van der Waals surface area contributed by atoms with Crippen molar-refractivity contribution < 1.29 is 24.1 Å². The molecule has 2 heterocycles. The Kier molecular flexibility index (Phi) is 6.13. The monoisotopic (exact) mass is 364 g/mol. The van der Waals surface area contributed by atoms with Crippen molar-refractivity contribution in [3.05, 3.63) is 29.3 Å². The Morgan fingerprint density at radius 2 is 2.04 bits per heavy atom. The molecule has 144 valence electrons. The smallest absolute Gasteiger partial charge is 0.337 e. The molecule has 0 saturated carbocycles. The van der Waals surface area contributed by atoms with Crippen LogP contribution in [-0.4, -0.2) is 73.3 Å². The highest BCUT2D eigenvalue weighted by molar-refractivity contribution is 5.89. The number of esters is 1. The van der Waals surface area contributed by atoms with Crippen LogP contribution in [0.15, 0.2) is 18.2 Å². The first-order valence-electron chi connectivity index (χ1n) is 9.08. The molecular formula is C19H28N2O5. The zero-order valence-electron chi connectivity index (χ0n) is 15.7. The molecule has 26 heavy (non-hydrogen) atoms. The summed E-state index contributed by atoms with van der Waals surface area (Å²) in [6.07, 6.45) is 1.45. The standard InChI is InChI=1S/C19H28N2O5/c1-13-12-26-17-10-14(18(22)25-3)4-5-15(17)11-21(13)19(23)20-8-6-16(24-2)7-9-20/h4-5,10,13,16,19,23H,6-9,11-12H2,1-3H3/t13-,19?/m0/s1. The summed E-state index contributed by atoms with van der Waals surface area (Å²) < 4.78 is 16.1. The summed E-state index contributed by atoms with van der Waals surface area (Å²) in [6.45, 7) is 4.65. The molecule has 1 unspecified atom stereocenters. The Bertz CT molecular complexity index is 630. The third-order valence-electron chi connectivity index (χ3n) is 5.32. The van der Waals surface area contributed by atoms with Gasteiger partial charge in [0.2, 0.25) is 0 Å². The van der Waals surface area contributed by atoms with E-state index in [0.717, 1.165) is 31.5 Å². The lowest BCUT2D eigenvalue weighted by atomic mass is 10.1. The van der Waals surface area contributed by atoms with E-state index in [4.69, 9.17) is 14.2 Å². The van der Waals surface area contributed by atoms with Crippen molar-refractivity contribution in [1.82, 2.24) is 9.80 Å². The fraction of sp³-hybridized carbons (Fsp3) is 0.632. The van der Waals surface area contributed by atoms with E-state index in [9.17, 15) is 9.90 Å². The number of nitrogens with zero attached hydrogens (tertiary/aromatic N) is 2. The molecule has 7 nitrogen and oxygen atoms in total. The van der Waals surface area contributed by atoms with E-state index in [1.165, 1.54) is 7.11 Å². The fourth-order valence-electron chi connectivity index (χ4n) is 3.58. The molecule has 3 rings (SSSR count). The lowest BCUT2D eigenvalue weighted by Gasteiger charge is -2.41. The molecule has 2 aliphatic rings. The number of hydrogen-bond acceptors (Lipinski definition) is 7. The number of piperidine rings is 1. The van der Waals surface area contributed by atoms with Crippen LogP contribution in [0.3, 0.4) is 0 Å². The molecule has 0 radical (unpaired) electrons. The number of benzene rings is 1. The maximum absolute atomic E-state index is 11.7. The van der Waals surface area contributed by atoms with Gasteiger partial charge in [0.25, 0.3) is 0 Å². The van der Waals surface area contributed by atoms with Gasteiger partial charge in [-0.25, -0.2) is 4.79 Å². The van der Waals surface area contributed by atoms with Gasteiger partial charge in [0.15, 0.2) is 6.35 Å². The van der Waals surface area contributed by atoms with Gasteiger partial charge in [-0.05, 0) is 31.9 Å². The molecule has 7 heteroatoms. The van der Waals surface area contributed by atoms with Gasteiger partial charge in [0, 0.05) is 38.3 Å². The van der Waals surface area contributed by atoms with Gasteiger partial charge >= 0.3 is 5.97 Å². The quantitative estimate of drug-likeness (QED) is 0.811. The minimum Gasteiger partial charge on any atom is -0.492 e. The van der Waals surface area contributed by atoms with Crippen molar-refractivity contribution in [3.8, 4) is 5.75 Å². The van der Waals surface area contributed by atoms with E-state index in [-0.39, 0.29) is 18.1 Å². The normalized spacial score (nSPS) is 23.6. The Morgan fingerprint density at radius 1 is 1.31 bits per heavy atom. The Balaban J connectivity index is 1.74. The molecule has 1 aromatic carbocycles. The van der Waals surface area contributed by atoms with E-state index in [1.807, 2.05) is 17.9 Å². The summed E-state index contributed by atoms with van der Waals surface area (Å²) >= 11 is 0. The minimum atomic E-state index is -0.669. The highest BCUT2D eigenvalue weighted by Gasteiger charge is 2.32. The van der Waals surface area contributed by atoms with Crippen LogP contribution in [0.25, 0.3) is 0 Å². The lowest BCUT2D eigenvalue weighted by molar-refractivity contribution is -0.147. The maximum atomic E-state index is 11.7. The van der Waals surface area contributed by atoms with Crippen molar-refractivity contribution in [2.75, 3.05) is 33.9 Å². The number of hydrogen-bond donors (Lipinski definition) is 1. The number of methoxy groups -OCH3 is 2. The van der Waals surface area contributed by atoms with Gasteiger partial charge in [-0.3, -0.25) is 9.80 Å².